The molecule has 7 heteroatoms. The van der Waals surface area contributed by atoms with Crippen molar-refractivity contribution in [1.82, 2.24) is 15.0 Å². The standard InChI is InChI=1S/C20H15N3O2S2/c24-20(25)15-4-3-13(11-16(15)17-2-1-8-26-17)10-14(19-23-7-9-27-19)12-18-21-5-6-22-18/h1-11H,12H2,(H,21,22)(H,24,25). The number of H-pyrrole nitrogens is 1. The maximum absolute atomic E-state index is 11.6. The van der Waals surface area contributed by atoms with E-state index < -0.39 is 5.97 Å². The van der Waals surface area contributed by atoms with Crippen LogP contribution in [0.2, 0.25) is 0 Å². The summed E-state index contributed by atoms with van der Waals surface area (Å²) in [4.78, 5) is 24.4. The summed E-state index contributed by atoms with van der Waals surface area (Å²) in [5.74, 6) is -0.0678. The quantitative estimate of drug-likeness (QED) is 0.479. The second-order valence-electron chi connectivity index (χ2n) is 5.81. The minimum Gasteiger partial charge on any atom is -0.478 e. The first-order valence-electron chi connectivity index (χ1n) is 8.20. The fourth-order valence-corrected chi connectivity index (χ4v) is 4.23. The van der Waals surface area contributed by atoms with Crippen molar-refractivity contribution in [2.75, 3.05) is 0 Å². The van der Waals surface area contributed by atoms with Crippen molar-refractivity contribution in [2.45, 2.75) is 6.42 Å². The largest absolute Gasteiger partial charge is 0.478 e. The van der Waals surface area contributed by atoms with Gasteiger partial charge in [0.15, 0.2) is 0 Å². The van der Waals surface area contributed by atoms with E-state index in [2.05, 4.69) is 15.0 Å². The maximum Gasteiger partial charge on any atom is 0.336 e. The van der Waals surface area contributed by atoms with Crippen LogP contribution in [-0.4, -0.2) is 26.0 Å². The zero-order valence-corrected chi connectivity index (χ0v) is 15.8. The summed E-state index contributed by atoms with van der Waals surface area (Å²) in [6, 6.07) is 9.27. The molecule has 0 aliphatic heterocycles. The van der Waals surface area contributed by atoms with Crippen LogP contribution in [0.15, 0.2) is 59.7 Å². The van der Waals surface area contributed by atoms with Gasteiger partial charge in [0.1, 0.15) is 10.8 Å². The maximum atomic E-state index is 11.6. The van der Waals surface area contributed by atoms with Crippen molar-refractivity contribution in [3.8, 4) is 10.4 Å². The number of hydrogen-bond acceptors (Lipinski definition) is 5. The molecule has 0 saturated heterocycles. The van der Waals surface area contributed by atoms with E-state index in [1.54, 1.807) is 36.0 Å². The second-order valence-corrected chi connectivity index (χ2v) is 7.65. The van der Waals surface area contributed by atoms with E-state index in [1.165, 1.54) is 11.3 Å². The van der Waals surface area contributed by atoms with Gasteiger partial charge in [0.25, 0.3) is 0 Å². The number of aromatic carboxylic acids is 1. The number of nitrogens with zero attached hydrogens (tertiary/aromatic N) is 2. The number of carboxylic acid groups (broad SMARTS) is 1. The number of thiazole rings is 1. The molecule has 0 fully saturated rings. The molecule has 0 bridgehead atoms. The molecule has 0 radical (unpaired) electrons. The highest BCUT2D eigenvalue weighted by Crippen LogP contribution is 2.31. The first kappa shape index (κ1) is 17.4. The molecular formula is C20H15N3O2S2. The fourth-order valence-electron chi connectivity index (χ4n) is 2.82. The van der Waals surface area contributed by atoms with Gasteiger partial charge in [-0.3, -0.25) is 0 Å². The lowest BCUT2D eigenvalue weighted by atomic mass is 10.0. The zero-order valence-electron chi connectivity index (χ0n) is 14.1. The van der Waals surface area contributed by atoms with Crippen LogP contribution < -0.4 is 0 Å². The number of thiophene rings is 1. The lowest BCUT2D eigenvalue weighted by Gasteiger charge is -2.08. The molecule has 0 unspecified atom stereocenters. The number of allylic oxidation sites excluding steroid dienone is 1. The number of aromatic nitrogens is 3. The van der Waals surface area contributed by atoms with Gasteiger partial charge in [0, 0.05) is 40.8 Å². The molecule has 0 saturated carbocycles. The Hall–Kier alpha value is -3.03. The minimum atomic E-state index is -0.926. The summed E-state index contributed by atoms with van der Waals surface area (Å²) < 4.78 is 0. The molecule has 1 aromatic carbocycles. The predicted molar refractivity (Wildman–Crippen MR) is 109 cm³/mol. The van der Waals surface area contributed by atoms with Crippen molar-refractivity contribution in [3.63, 3.8) is 0 Å². The Morgan fingerprint density at radius 2 is 2.07 bits per heavy atom. The number of imidazole rings is 1. The van der Waals surface area contributed by atoms with Crippen molar-refractivity contribution < 1.29 is 9.90 Å². The van der Waals surface area contributed by atoms with E-state index in [0.717, 1.165) is 32.4 Å². The molecule has 0 atom stereocenters. The van der Waals surface area contributed by atoms with Crippen molar-refractivity contribution in [1.29, 1.82) is 0 Å². The lowest BCUT2D eigenvalue weighted by molar-refractivity contribution is 0.0698. The monoisotopic (exact) mass is 393 g/mol. The van der Waals surface area contributed by atoms with Crippen molar-refractivity contribution in [2.24, 2.45) is 0 Å². The molecule has 2 N–H and O–H groups in total. The van der Waals surface area contributed by atoms with Crippen LogP contribution in [0.3, 0.4) is 0 Å². The number of carbonyl (C=O) groups is 1. The third-order valence-corrected chi connectivity index (χ3v) is 5.77. The summed E-state index contributed by atoms with van der Waals surface area (Å²) >= 11 is 3.10. The normalized spacial score (nSPS) is 11.6. The summed E-state index contributed by atoms with van der Waals surface area (Å²) in [7, 11) is 0. The second kappa shape index (κ2) is 7.69. The highest BCUT2D eigenvalue weighted by atomic mass is 32.1. The average Bonchev–Trinajstić information content (AvgIpc) is 3.43. The SMILES string of the molecule is O=C(O)c1ccc(C=C(Cc2ncc[nH]2)c2nccs2)cc1-c1cccs1. The van der Waals surface area contributed by atoms with Crippen LogP contribution in [0.25, 0.3) is 22.1 Å². The fraction of sp³-hybridized carbons (Fsp3) is 0.0500. The molecule has 3 aromatic heterocycles. The third-order valence-electron chi connectivity index (χ3n) is 4.02. The van der Waals surface area contributed by atoms with Gasteiger partial charge < -0.3 is 10.1 Å². The van der Waals surface area contributed by atoms with Gasteiger partial charge in [-0.25, -0.2) is 14.8 Å². The van der Waals surface area contributed by atoms with Crippen LogP contribution in [0, 0.1) is 0 Å². The first-order valence-corrected chi connectivity index (χ1v) is 9.96. The van der Waals surface area contributed by atoms with E-state index in [4.69, 9.17) is 0 Å². The van der Waals surface area contributed by atoms with Crippen molar-refractivity contribution in [3.05, 3.63) is 81.6 Å². The van der Waals surface area contributed by atoms with E-state index in [9.17, 15) is 9.90 Å². The summed E-state index contributed by atoms with van der Waals surface area (Å²) in [6.45, 7) is 0. The Balaban J connectivity index is 1.78. The van der Waals surface area contributed by atoms with Gasteiger partial charge >= 0.3 is 5.97 Å². The molecule has 0 spiro atoms. The molecule has 27 heavy (non-hydrogen) atoms. The van der Waals surface area contributed by atoms with Gasteiger partial charge in [-0.15, -0.1) is 22.7 Å². The zero-order chi connectivity index (χ0) is 18.6. The lowest BCUT2D eigenvalue weighted by Crippen LogP contribution is -1.99. The number of nitrogens with one attached hydrogen (secondary N) is 1. The summed E-state index contributed by atoms with van der Waals surface area (Å²) in [5, 5.41) is 14.3. The van der Waals surface area contributed by atoms with Crippen LogP contribution in [0.1, 0.15) is 26.8 Å². The smallest absolute Gasteiger partial charge is 0.336 e. The number of carboxylic acids is 1. The number of rotatable bonds is 6. The van der Waals surface area contributed by atoms with Crippen molar-refractivity contribution >= 4 is 40.3 Å². The van der Waals surface area contributed by atoms with E-state index >= 15 is 0 Å². The number of aromatic amines is 1. The van der Waals surface area contributed by atoms with E-state index in [-0.39, 0.29) is 0 Å². The van der Waals surface area contributed by atoms with Gasteiger partial charge in [-0.05, 0) is 40.8 Å². The Morgan fingerprint density at radius 1 is 1.15 bits per heavy atom. The average molecular weight is 393 g/mol. The van der Waals surface area contributed by atoms with E-state index in [1.807, 2.05) is 41.1 Å². The Morgan fingerprint density at radius 3 is 2.74 bits per heavy atom. The molecule has 4 rings (SSSR count). The van der Waals surface area contributed by atoms with E-state index in [0.29, 0.717) is 12.0 Å². The highest BCUT2D eigenvalue weighted by Gasteiger charge is 2.14. The molecule has 3 heterocycles. The third kappa shape index (κ3) is 3.89. The Bertz CT molecular complexity index is 1070. The highest BCUT2D eigenvalue weighted by molar-refractivity contribution is 7.13. The van der Waals surface area contributed by atoms with Crippen LogP contribution in [0.4, 0.5) is 0 Å². The Kier molecular flexibility index (Phi) is 4.95. The Labute approximate surface area is 163 Å². The van der Waals surface area contributed by atoms with Crippen LogP contribution >= 0.6 is 22.7 Å². The first-order chi connectivity index (χ1) is 13.2. The molecule has 5 nitrogen and oxygen atoms in total. The summed E-state index contributed by atoms with van der Waals surface area (Å²) in [6.07, 6.45) is 7.97. The van der Waals surface area contributed by atoms with Gasteiger partial charge in [-0.2, -0.15) is 0 Å². The van der Waals surface area contributed by atoms with Gasteiger partial charge in [0.05, 0.1) is 5.56 Å². The van der Waals surface area contributed by atoms with Crippen LogP contribution in [0.5, 0.6) is 0 Å². The number of benzene rings is 1. The van der Waals surface area contributed by atoms with Crippen LogP contribution in [-0.2, 0) is 6.42 Å². The molecule has 4 aromatic rings. The number of hydrogen-bond donors (Lipinski definition) is 2. The molecule has 134 valence electrons. The molecular weight excluding hydrogens is 378 g/mol. The predicted octanol–water partition coefficient (Wildman–Crippen LogP) is 5.08. The topological polar surface area (TPSA) is 78.9 Å². The van der Waals surface area contributed by atoms with Gasteiger partial charge in [0.2, 0.25) is 0 Å². The molecule has 0 aliphatic carbocycles. The molecule has 0 aliphatic rings. The summed E-state index contributed by atoms with van der Waals surface area (Å²) in [5.41, 5.74) is 2.99. The van der Waals surface area contributed by atoms with Gasteiger partial charge in [-0.1, -0.05) is 12.1 Å². The molecule has 0 amide bonds. The minimum absolute atomic E-state index is 0.302.